The Balaban J connectivity index is 1.60. The molecule has 4 unspecified atom stereocenters. The quantitative estimate of drug-likeness (QED) is 0.898. The Hall–Kier alpha value is -1.35. The molecule has 0 radical (unpaired) electrons. The Morgan fingerprint density at radius 3 is 2.85 bits per heavy atom. The number of likely N-dealkylation sites (N-methyl/N-ethyl adjacent to an activating group) is 1. The van der Waals surface area contributed by atoms with Gasteiger partial charge in [-0.3, -0.25) is 4.79 Å². The van der Waals surface area contributed by atoms with Crippen molar-refractivity contribution >= 4 is 11.6 Å². The van der Waals surface area contributed by atoms with E-state index in [1.165, 1.54) is 31.2 Å². The largest absolute Gasteiger partial charge is 0.324 e. The van der Waals surface area contributed by atoms with Crippen LogP contribution >= 0.6 is 0 Å². The number of benzene rings is 1. The number of rotatable bonds is 2. The molecular weight excluding hydrogens is 248 g/mol. The van der Waals surface area contributed by atoms with Crippen LogP contribution in [0.15, 0.2) is 18.2 Å². The fourth-order valence-electron chi connectivity index (χ4n) is 4.68. The van der Waals surface area contributed by atoms with E-state index < -0.39 is 0 Å². The second-order valence-corrected chi connectivity index (χ2v) is 6.88. The molecule has 0 spiro atoms. The van der Waals surface area contributed by atoms with Crippen LogP contribution in [0, 0.1) is 17.8 Å². The van der Waals surface area contributed by atoms with E-state index >= 15 is 0 Å². The first-order valence-corrected chi connectivity index (χ1v) is 7.78. The average Bonchev–Trinajstić information content (AvgIpc) is 3.14. The van der Waals surface area contributed by atoms with Crippen molar-refractivity contribution in [3.05, 3.63) is 29.3 Å². The van der Waals surface area contributed by atoms with Crippen LogP contribution in [0.1, 0.15) is 42.9 Å². The predicted octanol–water partition coefficient (Wildman–Crippen LogP) is 2.64. The van der Waals surface area contributed by atoms with Gasteiger partial charge in [0, 0.05) is 18.8 Å². The van der Waals surface area contributed by atoms with Crippen LogP contribution in [0.25, 0.3) is 0 Å². The minimum Gasteiger partial charge on any atom is -0.324 e. The molecule has 4 rings (SSSR count). The van der Waals surface area contributed by atoms with Gasteiger partial charge in [-0.1, -0.05) is 18.6 Å². The summed E-state index contributed by atoms with van der Waals surface area (Å²) in [5, 5.41) is 0. The molecule has 2 bridgehead atoms. The van der Waals surface area contributed by atoms with Crippen molar-refractivity contribution in [3.63, 3.8) is 0 Å². The van der Waals surface area contributed by atoms with Gasteiger partial charge >= 0.3 is 0 Å². The summed E-state index contributed by atoms with van der Waals surface area (Å²) >= 11 is 0. The van der Waals surface area contributed by atoms with E-state index in [0.29, 0.717) is 12.3 Å². The predicted molar refractivity (Wildman–Crippen MR) is 79.4 cm³/mol. The first kappa shape index (κ1) is 12.4. The highest BCUT2D eigenvalue weighted by molar-refractivity contribution is 6.00. The molecule has 20 heavy (non-hydrogen) atoms. The second-order valence-electron chi connectivity index (χ2n) is 6.88. The summed E-state index contributed by atoms with van der Waals surface area (Å²) in [6, 6.07) is 6.53. The fourth-order valence-corrected chi connectivity index (χ4v) is 4.68. The van der Waals surface area contributed by atoms with Crippen molar-refractivity contribution < 1.29 is 4.79 Å². The van der Waals surface area contributed by atoms with Gasteiger partial charge in [0.15, 0.2) is 0 Å². The van der Waals surface area contributed by atoms with Gasteiger partial charge in [0.1, 0.15) is 0 Å². The third-order valence-corrected chi connectivity index (χ3v) is 5.82. The molecular formula is C17H22N2O. The smallest absolute Gasteiger partial charge is 0.231 e. The van der Waals surface area contributed by atoms with Gasteiger partial charge in [-0.15, -0.1) is 0 Å². The maximum absolute atomic E-state index is 11.8. The van der Waals surface area contributed by atoms with Gasteiger partial charge in [-0.05, 0) is 54.2 Å². The first-order valence-electron chi connectivity index (χ1n) is 7.78. The lowest BCUT2D eigenvalue weighted by atomic mass is 9.80. The van der Waals surface area contributed by atoms with Gasteiger partial charge in [0.25, 0.3) is 0 Å². The Morgan fingerprint density at radius 1 is 1.30 bits per heavy atom. The molecule has 4 atom stereocenters. The molecule has 2 N–H and O–H groups in total. The number of hydrogen-bond donors (Lipinski definition) is 1. The number of carbonyl (C=O) groups excluding carboxylic acids is 1. The topological polar surface area (TPSA) is 46.3 Å². The van der Waals surface area contributed by atoms with Crippen molar-refractivity contribution in [2.24, 2.45) is 23.5 Å². The average molecular weight is 270 g/mol. The van der Waals surface area contributed by atoms with E-state index in [1.54, 1.807) is 4.90 Å². The highest BCUT2D eigenvalue weighted by atomic mass is 16.2. The summed E-state index contributed by atoms with van der Waals surface area (Å²) in [6.45, 7) is 0. The maximum atomic E-state index is 11.8. The van der Waals surface area contributed by atoms with E-state index in [-0.39, 0.29) is 11.9 Å². The van der Waals surface area contributed by atoms with Gasteiger partial charge < -0.3 is 10.6 Å². The van der Waals surface area contributed by atoms with Crippen LogP contribution in [0.2, 0.25) is 0 Å². The van der Waals surface area contributed by atoms with Crippen LogP contribution in [0.4, 0.5) is 5.69 Å². The van der Waals surface area contributed by atoms with Crippen molar-refractivity contribution in [1.29, 1.82) is 0 Å². The lowest BCUT2D eigenvalue weighted by Gasteiger charge is -2.28. The molecule has 1 aromatic carbocycles. The molecule has 1 aliphatic heterocycles. The molecule has 0 aromatic heterocycles. The summed E-state index contributed by atoms with van der Waals surface area (Å²) in [4.78, 5) is 13.5. The molecule has 2 aliphatic carbocycles. The molecule has 2 fully saturated rings. The van der Waals surface area contributed by atoms with E-state index in [4.69, 9.17) is 5.73 Å². The summed E-state index contributed by atoms with van der Waals surface area (Å²) in [6.07, 6.45) is 6.02. The summed E-state index contributed by atoms with van der Waals surface area (Å²) in [5.74, 6) is 2.61. The zero-order valence-corrected chi connectivity index (χ0v) is 12.0. The van der Waals surface area contributed by atoms with E-state index in [9.17, 15) is 4.79 Å². The molecule has 106 valence electrons. The molecule has 3 aliphatic rings. The Morgan fingerprint density at radius 2 is 2.15 bits per heavy atom. The Labute approximate surface area is 120 Å². The van der Waals surface area contributed by atoms with Gasteiger partial charge in [0.2, 0.25) is 5.91 Å². The van der Waals surface area contributed by atoms with Crippen LogP contribution < -0.4 is 10.6 Å². The van der Waals surface area contributed by atoms with Gasteiger partial charge in [0.05, 0.1) is 6.42 Å². The highest BCUT2D eigenvalue weighted by Gasteiger charge is 2.42. The lowest BCUT2D eigenvalue weighted by Crippen LogP contribution is -2.26. The van der Waals surface area contributed by atoms with Crippen LogP contribution in [-0.2, 0) is 11.2 Å². The number of hydrogen-bond acceptors (Lipinski definition) is 2. The molecule has 0 saturated heterocycles. The van der Waals surface area contributed by atoms with Crippen LogP contribution in [0.5, 0.6) is 0 Å². The fraction of sp³-hybridized carbons (Fsp3) is 0.588. The number of anilines is 1. The third-order valence-electron chi connectivity index (χ3n) is 5.82. The number of amides is 1. The minimum absolute atomic E-state index is 0.150. The Kier molecular flexibility index (Phi) is 2.68. The maximum Gasteiger partial charge on any atom is 0.231 e. The first-order chi connectivity index (χ1) is 9.63. The second kappa shape index (κ2) is 4.32. The molecule has 1 amide bonds. The van der Waals surface area contributed by atoms with Crippen molar-refractivity contribution in [2.75, 3.05) is 11.9 Å². The number of fused-ring (bicyclic) bond motifs is 3. The van der Waals surface area contributed by atoms with Crippen molar-refractivity contribution in [1.82, 2.24) is 0 Å². The SMILES string of the molecule is CN1C(=O)Cc2cc(C(N)C3CC4CCC3C4)ccc21. The standard InChI is InChI=1S/C17H22N2O/c1-19-15-5-4-12(8-13(15)9-16(19)20)17(18)14-7-10-2-3-11(14)6-10/h4-5,8,10-11,14,17H,2-3,6-7,9,18H2,1H3. The van der Waals surface area contributed by atoms with Gasteiger partial charge in [-0.25, -0.2) is 0 Å². The molecule has 2 saturated carbocycles. The zero-order chi connectivity index (χ0) is 13.9. The third kappa shape index (κ3) is 1.72. The number of nitrogens with zero attached hydrogens (tertiary/aromatic N) is 1. The van der Waals surface area contributed by atoms with Crippen molar-refractivity contribution in [2.45, 2.75) is 38.1 Å². The van der Waals surface area contributed by atoms with Gasteiger partial charge in [-0.2, -0.15) is 0 Å². The Bertz CT molecular complexity index is 568. The number of carbonyl (C=O) groups is 1. The normalized spacial score (nSPS) is 32.8. The summed E-state index contributed by atoms with van der Waals surface area (Å²) < 4.78 is 0. The van der Waals surface area contributed by atoms with E-state index in [0.717, 1.165) is 23.1 Å². The summed E-state index contributed by atoms with van der Waals surface area (Å²) in [5.41, 5.74) is 9.98. The molecule has 1 heterocycles. The van der Waals surface area contributed by atoms with E-state index in [1.807, 2.05) is 7.05 Å². The molecule has 3 nitrogen and oxygen atoms in total. The zero-order valence-electron chi connectivity index (χ0n) is 12.0. The van der Waals surface area contributed by atoms with E-state index in [2.05, 4.69) is 18.2 Å². The monoisotopic (exact) mass is 270 g/mol. The lowest BCUT2D eigenvalue weighted by molar-refractivity contribution is -0.117. The summed E-state index contributed by atoms with van der Waals surface area (Å²) in [7, 11) is 1.85. The number of nitrogens with two attached hydrogens (primary N) is 1. The molecule has 3 heteroatoms. The van der Waals surface area contributed by atoms with Crippen molar-refractivity contribution in [3.8, 4) is 0 Å². The minimum atomic E-state index is 0.150. The van der Waals surface area contributed by atoms with Crippen LogP contribution in [0.3, 0.4) is 0 Å². The van der Waals surface area contributed by atoms with Crippen LogP contribution in [-0.4, -0.2) is 13.0 Å². The molecule has 1 aromatic rings. The highest BCUT2D eigenvalue weighted by Crippen LogP contribution is 2.52.